The minimum absolute atomic E-state index is 0.148. The van der Waals surface area contributed by atoms with Crippen LogP contribution >= 0.6 is 0 Å². The van der Waals surface area contributed by atoms with Gasteiger partial charge < -0.3 is 14.2 Å². The molecule has 0 bridgehead atoms. The quantitative estimate of drug-likeness (QED) is 0.744. The van der Waals surface area contributed by atoms with Crippen molar-refractivity contribution >= 4 is 0 Å². The molecular formula is C20H22O3. The van der Waals surface area contributed by atoms with E-state index in [1.165, 1.54) is 11.1 Å². The van der Waals surface area contributed by atoms with Gasteiger partial charge in [0.25, 0.3) is 0 Å². The van der Waals surface area contributed by atoms with Gasteiger partial charge in [0.2, 0.25) is 0 Å². The van der Waals surface area contributed by atoms with Gasteiger partial charge in [-0.1, -0.05) is 23.3 Å². The molecule has 0 aromatic heterocycles. The summed E-state index contributed by atoms with van der Waals surface area (Å²) >= 11 is 0. The molecule has 2 aromatic carbocycles. The van der Waals surface area contributed by atoms with Crippen LogP contribution in [-0.4, -0.2) is 12.2 Å². The molecular weight excluding hydrogens is 288 g/mol. The highest BCUT2D eigenvalue weighted by Crippen LogP contribution is 2.47. The summed E-state index contributed by atoms with van der Waals surface area (Å²) in [4.78, 5) is 0. The van der Waals surface area contributed by atoms with Crippen LogP contribution in [0.1, 0.15) is 48.3 Å². The fraction of sp³-hybridized carbons (Fsp3) is 0.400. The number of epoxide rings is 2. The van der Waals surface area contributed by atoms with Gasteiger partial charge >= 0.3 is 0 Å². The van der Waals surface area contributed by atoms with Crippen LogP contribution in [0.15, 0.2) is 36.4 Å². The van der Waals surface area contributed by atoms with E-state index in [1.54, 1.807) is 0 Å². The molecule has 0 N–H and O–H groups in total. The zero-order valence-electron chi connectivity index (χ0n) is 14.0. The van der Waals surface area contributed by atoms with Gasteiger partial charge in [-0.2, -0.15) is 0 Å². The summed E-state index contributed by atoms with van der Waals surface area (Å²) in [5, 5.41) is 0. The molecule has 2 aromatic rings. The van der Waals surface area contributed by atoms with Gasteiger partial charge in [-0.15, -0.1) is 0 Å². The Balaban J connectivity index is 1.69. The van der Waals surface area contributed by atoms with Crippen molar-refractivity contribution in [1.82, 2.24) is 0 Å². The van der Waals surface area contributed by atoms with E-state index in [1.807, 2.05) is 12.1 Å². The molecule has 0 spiro atoms. The van der Waals surface area contributed by atoms with E-state index in [9.17, 15) is 0 Å². The molecule has 4 unspecified atom stereocenters. The van der Waals surface area contributed by atoms with Crippen molar-refractivity contribution in [2.45, 2.75) is 52.1 Å². The maximum Gasteiger partial charge on any atom is 0.133 e. The summed E-state index contributed by atoms with van der Waals surface area (Å²) in [6.07, 6.45) is 0.830. The summed E-state index contributed by atoms with van der Waals surface area (Å²) in [7, 11) is 0. The lowest BCUT2D eigenvalue weighted by molar-refractivity contribution is 0.370. The molecule has 2 saturated heterocycles. The lowest BCUT2D eigenvalue weighted by Gasteiger charge is -2.14. The SMILES string of the molecule is Cc1ccc(Oc2ccc(C)cc2C2OC2C)c(C2OC2C)c1. The van der Waals surface area contributed by atoms with Crippen molar-refractivity contribution in [3.05, 3.63) is 58.7 Å². The highest BCUT2D eigenvalue weighted by Gasteiger charge is 2.40. The molecule has 2 heterocycles. The first-order valence-electron chi connectivity index (χ1n) is 8.23. The average Bonchev–Trinajstić information content (AvgIpc) is 3.41. The second-order valence-corrected chi connectivity index (χ2v) is 6.71. The number of ether oxygens (including phenoxy) is 3. The monoisotopic (exact) mass is 310 g/mol. The molecule has 0 radical (unpaired) electrons. The second kappa shape index (κ2) is 5.36. The predicted octanol–water partition coefficient (Wildman–Crippen LogP) is 5.02. The van der Waals surface area contributed by atoms with Crippen LogP contribution in [-0.2, 0) is 9.47 Å². The average molecular weight is 310 g/mol. The number of rotatable bonds is 4. The van der Waals surface area contributed by atoms with Crippen LogP contribution in [0.25, 0.3) is 0 Å². The zero-order valence-corrected chi connectivity index (χ0v) is 14.0. The summed E-state index contributed by atoms with van der Waals surface area (Å²) < 4.78 is 17.6. The molecule has 2 aliphatic heterocycles. The molecule has 3 heteroatoms. The Morgan fingerprint density at radius 3 is 1.48 bits per heavy atom. The minimum Gasteiger partial charge on any atom is -0.457 e. The van der Waals surface area contributed by atoms with Gasteiger partial charge in [0, 0.05) is 11.1 Å². The summed E-state index contributed by atoms with van der Waals surface area (Å²) in [6, 6.07) is 12.6. The first kappa shape index (κ1) is 14.7. The molecule has 4 rings (SSSR count). The van der Waals surface area contributed by atoms with Crippen LogP contribution in [0.4, 0.5) is 0 Å². The number of hydrogen-bond acceptors (Lipinski definition) is 3. The first-order valence-corrected chi connectivity index (χ1v) is 8.23. The van der Waals surface area contributed by atoms with Crippen molar-refractivity contribution in [1.29, 1.82) is 0 Å². The third-order valence-corrected chi connectivity index (χ3v) is 4.59. The van der Waals surface area contributed by atoms with Gasteiger partial charge in [-0.25, -0.2) is 0 Å². The van der Waals surface area contributed by atoms with Gasteiger partial charge in [0.1, 0.15) is 23.7 Å². The summed E-state index contributed by atoms with van der Waals surface area (Å²) in [5.41, 5.74) is 4.71. The van der Waals surface area contributed by atoms with Crippen molar-refractivity contribution in [3.8, 4) is 11.5 Å². The highest BCUT2D eigenvalue weighted by atomic mass is 16.6. The largest absolute Gasteiger partial charge is 0.457 e. The zero-order chi connectivity index (χ0) is 16.1. The van der Waals surface area contributed by atoms with Crippen molar-refractivity contribution in [2.75, 3.05) is 0 Å². The van der Waals surface area contributed by atoms with E-state index in [2.05, 4.69) is 52.0 Å². The van der Waals surface area contributed by atoms with Gasteiger partial charge in [-0.05, 0) is 52.0 Å². The van der Waals surface area contributed by atoms with E-state index in [4.69, 9.17) is 14.2 Å². The first-order chi connectivity index (χ1) is 11.0. The third-order valence-electron chi connectivity index (χ3n) is 4.59. The Hall–Kier alpha value is -1.84. The Labute approximate surface area is 137 Å². The molecule has 2 fully saturated rings. The molecule has 23 heavy (non-hydrogen) atoms. The Bertz CT molecular complexity index is 689. The number of hydrogen-bond donors (Lipinski definition) is 0. The number of aryl methyl sites for hydroxylation is 2. The van der Waals surface area contributed by atoms with Crippen LogP contribution < -0.4 is 4.74 Å². The van der Waals surface area contributed by atoms with Crippen molar-refractivity contribution in [2.24, 2.45) is 0 Å². The number of benzene rings is 2. The fourth-order valence-corrected chi connectivity index (χ4v) is 3.11. The van der Waals surface area contributed by atoms with Crippen LogP contribution in [0, 0.1) is 13.8 Å². The fourth-order valence-electron chi connectivity index (χ4n) is 3.11. The van der Waals surface area contributed by atoms with E-state index in [-0.39, 0.29) is 24.4 Å². The Morgan fingerprint density at radius 2 is 1.13 bits per heavy atom. The van der Waals surface area contributed by atoms with Crippen LogP contribution in [0.3, 0.4) is 0 Å². The highest BCUT2D eigenvalue weighted by molar-refractivity contribution is 5.47. The second-order valence-electron chi connectivity index (χ2n) is 6.71. The Kier molecular flexibility index (Phi) is 3.43. The van der Waals surface area contributed by atoms with Gasteiger partial charge in [0.05, 0.1) is 12.2 Å². The Morgan fingerprint density at radius 1 is 0.739 bits per heavy atom. The maximum absolute atomic E-state index is 6.29. The molecule has 2 aliphatic rings. The molecule has 0 aliphatic carbocycles. The summed E-state index contributed by atoms with van der Waals surface area (Å²) in [6.45, 7) is 8.37. The smallest absolute Gasteiger partial charge is 0.133 e. The predicted molar refractivity (Wildman–Crippen MR) is 89.0 cm³/mol. The van der Waals surface area contributed by atoms with E-state index < -0.39 is 0 Å². The molecule has 3 nitrogen and oxygen atoms in total. The molecule has 0 saturated carbocycles. The molecule has 4 atom stereocenters. The van der Waals surface area contributed by atoms with Crippen molar-refractivity contribution in [3.63, 3.8) is 0 Å². The van der Waals surface area contributed by atoms with E-state index >= 15 is 0 Å². The van der Waals surface area contributed by atoms with Crippen LogP contribution in [0.5, 0.6) is 11.5 Å². The normalized spacial score (nSPS) is 28.5. The van der Waals surface area contributed by atoms with Crippen LogP contribution in [0.2, 0.25) is 0 Å². The summed E-state index contributed by atoms with van der Waals surface area (Å²) in [5.74, 6) is 1.76. The van der Waals surface area contributed by atoms with E-state index in [0.29, 0.717) is 0 Å². The third kappa shape index (κ3) is 2.87. The lowest BCUT2D eigenvalue weighted by Crippen LogP contribution is -1.97. The lowest BCUT2D eigenvalue weighted by atomic mass is 10.0. The molecule has 0 amide bonds. The maximum atomic E-state index is 6.29. The van der Waals surface area contributed by atoms with Crippen molar-refractivity contribution < 1.29 is 14.2 Å². The molecule has 120 valence electrons. The standard InChI is InChI=1S/C20H22O3/c1-11-5-7-17(15(9-11)19-13(3)21-19)23-18-8-6-12(2)10-16(18)20-14(4)22-20/h5-10,13-14,19-20H,1-4H3. The topological polar surface area (TPSA) is 34.3 Å². The van der Waals surface area contributed by atoms with Gasteiger partial charge in [0.15, 0.2) is 0 Å². The van der Waals surface area contributed by atoms with Gasteiger partial charge in [-0.3, -0.25) is 0 Å². The minimum atomic E-state index is 0.148. The van der Waals surface area contributed by atoms with E-state index in [0.717, 1.165) is 22.6 Å².